The molecule has 5 heteroatoms. The number of benzene rings is 1. The molecule has 0 atom stereocenters. The van der Waals surface area contributed by atoms with Crippen molar-refractivity contribution < 1.29 is 8.81 Å². The maximum Gasteiger partial charge on any atom is 0.315 e. The van der Waals surface area contributed by atoms with E-state index < -0.39 is 0 Å². The summed E-state index contributed by atoms with van der Waals surface area (Å²) in [4.78, 5) is 0. The largest absolute Gasteiger partial charge is 0.408 e. The van der Waals surface area contributed by atoms with Crippen molar-refractivity contribution in [2.24, 2.45) is 0 Å². The molecule has 0 saturated carbocycles. The number of aromatic nitrogens is 2. The van der Waals surface area contributed by atoms with Crippen LogP contribution in [0.25, 0.3) is 0 Å². The van der Waals surface area contributed by atoms with Gasteiger partial charge in [-0.2, -0.15) is 0 Å². The molecule has 0 radical (unpaired) electrons. The van der Waals surface area contributed by atoms with Crippen LogP contribution in [0.2, 0.25) is 0 Å². The molecule has 1 aromatic carbocycles. The maximum atomic E-state index is 12.8. The van der Waals surface area contributed by atoms with Gasteiger partial charge in [-0.05, 0) is 38.5 Å². The van der Waals surface area contributed by atoms with Gasteiger partial charge in [-0.1, -0.05) is 17.2 Å². The van der Waals surface area contributed by atoms with Crippen LogP contribution in [0.5, 0.6) is 0 Å². The molecule has 0 bridgehead atoms. The van der Waals surface area contributed by atoms with Gasteiger partial charge in [0.1, 0.15) is 5.82 Å². The van der Waals surface area contributed by atoms with Crippen molar-refractivity contribution in [3.05, 3.63) is 41.5 Å². The molecule has 0 spiro atoms. The third-order valence-electron chi connectivity index (χ3n) is 2.22. The highest BCUT2D eigenvalue weighted by molar-refractivity contribution is 5.24. The average molecular weight is 249 g/mol. The first-order valence-corrected chi connectivity index (χ1v) is 5.77. The smallest absolute Gasteiger partial charge is 0.315 e. The average Bonchev–Trinajstić information content (AvgIpc) is 2.66. The zero-order chi connectivity index (χ0) is 13.2. The van der Waals surface area contributed by atoms with Crippen molar-refractivity contribution in [3.8, 4) is 0 Å². The molecular weight excluding hydrogens is 233 g/mol. The molecule has 0 saturated heterocycles. The van der Waals surface area contributed by atoms with Gasteiger partial charge >= 0.3 is 6.01 Å². The van der Waals surface area contributed by atoms with Crippen molar-refractivity contribution in [1.29, 1.82) is 0 Å². The second-order valence-electron chi connectivity index (χ2n) is 5.18. The van der Waals surface area contributed by atoms with Crippen LogP contribution in [-0.2, 0) is 6.42 Å². The lowest BCUT2D eigenvalue weighted by molar-refractivity contribution is 0.495. The quantitative estimate of drug-likeness (QED) is 0.908. The van der Waals surface area contributed by atoms with E-state index in [9.17, 15) is 4.39 Å². The minimum Gasteiger partial charge on any atom is -0.408 e. The van der Waals surface area contributed by atoms with Crippen molar-refractivity contribution in [1.82, 2.24) is 10.2 Å². The normalized spacial score (nSPS) is 11.6. The van der Waals surface area contributed by atoms with E-state index in [2.05, 4.69) is 15.5 Å². The number of rotatable bonds is 3. The number of anilines is 1. The van der Waals surface area contributed by atoms with Crippen LogP contribution < -0.4 is 5.32 Å². The maximum absolute atomic E-state index is 12.8. The fourth-order valence-electron chi connectivity index (χ4n) is 1.47. The summed E-state index contributed by atoms with van der Waals surface area (Å²) in [5, 5.41) is 11.0. The van der Waals surface area contributed by atoms with Crippen LogP contribution in [0.15, 0.2) is 28.7 Å². The molecule has 0 amide bonds. The summed E-state index contributed by atoms with van der Waals surface area (Å²) in [5.74, 6) is 0.257. The highest BCUT2D eigenvalue weighted by Crippen LogP contribution is 2.15. The molecular formula is C13H16FN3O. The number of halogens is 1. The van der Waals surface area contributed by atoms with Gasteiger partial charge in [0.2, 0.25) is 5.89 Å². The molecule has 1 N–H and O–H groups in total. The summed E-state index contributed by atoms with van der Waals surface area (Å²) < 4.78 is 18.2. The number of nitrogens with zero attached hydrogens (tertiary/aromatic N) is 2. The number of nitrogens with one attached hydrogen (secondary N) is 1. The summed E-state index contributed by atoms with van der Waals surface area (Å²) >= 11 is 0. The van der Waals surface area contributed by atoms with Crippen molar-refractivity contribution in [3.63, 3.8) is 0 Å². The Hall–Kier alpha value is -1.91. The highest BCUT2D eigenvalue weighted by atomic mass is 19.1. The summed E-state index contributed by atoms with van der Waals surface area (Å²) in [6.45, 7) is 6.03. The first-order valence-electron chi connectivity index (χ1n) is 5.77. The first-order chi connectivity index (χ1) is 8.42. The molecule has 0 fully saturated rings. The van der Waals surface area contributed by atoms with Crippen LogP contribution in [0.3, 0.4) is 0 Å². The monoisotopic (exact) mass is 249 g/mol. The van der Waals surface area contributed by atoms with Gasteiger partial charge in [-0.3, -0.25) is 0 Å². The SMILES string of the molecule is CC(C)(C)Nc1nnc(Cc2ccc(F)cc2)o1. The Morgan fingerprint density at radius 1 is 1.17 bits per heavy atom. The third-order valence-corrected chi connectivity index (χ3v) is 2.22. The van der Waals surface area contributed by atoms with E-state index in [0.29, 0.717) is 18.3 Å². The lowest BCUT2D eigenvalue weighted by atomic mass is 10.1. The summed E-state index contributed by atoms with van der Waals surface area (Å²) in [6, 6.07) is 6.65. The standard InChI is InChI=1S/C13H16FN3O/c1-13(2,3)15-12-17-16-11(18-12)8-9-4-6-10(14)7-5-9/h4-7H,8H2,1-3H3,(H,15,17). The molecule has 0 aliphatic heterocycles. The van der Waals surface area contributed by atoms with E-state index >= 15 is 0 Å². The van der Waals surface area contributed by atoms with E-state index in [-0.39, 0.29) is 11.4 Å². The highest BCUT2D eigenvalue weighted by Gasteiger charge is 2.14. The fourth-order valence-corrected chi connectivity index (χ4v) is 1.47. The Kier molecular flexibility index (Phi) is 3.32. The van der Waals surface area contributed by atoms with Gasteiger partial charge in [0, 0.05) is 5.54 Å². The Morgan fingerprint density at radius 3 is 2.44 bits per heavy atom. The molecule has 96 valence electrons. The fraction of sp³-hybridized carbons (Fsp3) is 0.385. The molecule has 1 aromatic heterocycles. The lowest BCUT2D eigenvalue weighted by Crippen LogP contribution is -2.26. The molecule has 0 aliphatic rings. The number of hydrogen-bond acceptors (Lipinski definition) is 4. The summed E-state index contributed by atoms with van der Waals surface area (Å²) in [7, 11) is 0. The van der Waals surface area contributed by atoms with Gasteiger partial charge < -0.3 is 9.73 Å². The van der Waals surface area contributed by atoms with Crippen molar-refractivity contribution >= 4 is 6.01 Å². The van der Waals surface area contributed by atoms with Crippen LogP contribution in [0.4, 0.5) is 10.4 Å². The zero-order valence-corrected chi connectivity index (χ0v) is 10.7. The van der Waals surface area contributed by atoms with Crippen LogP contribution in [-0.4, -0.2) is 15.7 Å². The van der Waals surface area contributed by atoms with Gasteiger partial charge in [0.05, 0.1) is 6.42 Å². The Labute approximate surface area is 105 Å². The second kappa shape index (κ2) is 4.76. The van der Waals surface area contributed by atoms with Gasteiger partial charge in [0.25, 0.3) is 0 Å². The minimum absolute atomic E-state index is 0.125. The zero-order valence-electron chi connectivity index (χ0n) is 10.7. The Bertz CT molecular complexity index is 514. The third kappa shape index (κ3) is 3.55. The van der Waals surface area contributed by atoms with Crippen LogP contribution in [0, 0.1) is 5.82 Å². The predicted molar refractivity (Wildman–Crippen MR) is 66.9 cm³/mol. The topological polar surface area (TPSA) is 51.0 Å². The van der Waals surface area contributed by atoms with Crippen molar-refractivity contribution in [2.45, 2.75) is 32.7 Å². The van der Waals surface area contributed by atoms with Crippen molar-refractivity contribution in [2.75, 3.05) is 5.32 Å². The molecule has 2 rings (SSSR count). The van der Waals surface area contributed by atoms with Gasteiger partial charge in [-0.15, -0.1) is 5.10 Å². The van der Waals surface area contributed by atoms with E-state index in [1.807, 2.05) is 20.8 Å². The van der Waals surface area contributed by atoms with Gasteiger partial charge in [0.15, 0.2) is 0 Å². The van der Waals surface area contributed by atoms with E-state index in [1.54, 1.807) is 12.1 Å². The molecule has 2 aromatic rings. The summed E-state index contributed by atoms with van der Waals surface area (Å²) in [6.07, 6.45) is 0.499. The second-order valence-corrected chi connectivity index (χ2v) is 5.18. The molecule has 1 heterocycles. The van der Waals surface area contributed by atoms with E-state index in [1.165, 1.54) is 12.1 Å². The number of hydrogen-bond donors (Lipinski definition) is 1. The molecule has 0 unspecified atom stereocenters. The Balaban J connectivity index is 2.04. The first kappa shape index (κ1) is 12.5. The Morgan fingerprint density at radius 2 is 1.83 bits per heavy atom. The van der Waals surface area contributed by atoms with E-state index in [0.717, 1.165) is 5.56 Å². The van der Waals surface area contributed by atoms with Crippen LogP contribution >= 0.6 is 0 Å². The molecule has 18 heavy (non-hydrogen) atoms. The molecule has 0 aliphatic carbocycles. The van der Waals surface area contributed by atoms with E-state index in [4.69, 9.17) is 4.42 Å². The lowest BCUT2D eigenvalue weighted by Gasteiger charge is -2.17. The summed E-state index contributed by atoms with van der Waals surface area (Å²) in [5.41, 5.74) is 0.807. The van der Waals surface area contributed by atoms with Crippen LogP contribution in [0.1, 0.15) is 32.2 Å². The molecule has 4 nitrogen and oxygen atoms in total. The minimum atomic E-state index is -0.251. The van der Waals surface area contributed by atoms with Gasteiger partial charge in [-0.25, -0.2) is 4.39 Å². The predicted octanol–water partition coefficient (Wildman–Crippen LogP) is 3.01.